The Balaban J connectivity index is 2.70. The molecule has 0 aliphatic heterocycles. The number of amides is 1. The number of carbonyl (C=O) groups excluding carboxylic acids is 2. The molecular weight excluding hydrogens is 255 g/mol. The molecule has 0 heterocycles. The fourth-order valence-electron chi connectivity index (χ4n) is 1.75. The van der Waals surface area contributed by atoms with Crippen molar-refractivity contribution < 1.29 is 18.7 Å². The fourth-order valence-corrected chi connectivity index (χ4v) is 1.75. The van der Waals surface area contributed by atoms with Gasteiger partial charge >= 0.3 is 5.97 Å². The Kier molecular flexibility index (Phi) is 5.76. The van der Waals surface area contributed by atoms with Gasteiger partial charge in [-0.2, -0.15) is 0 Å². The number of methoxy groups -OCH3 is 1. The quantitative estimate of drug-likeness (QED) is 0.618. The Hall–Kier alpha value is -1.82. The van der Waals surface area contributed by atoms with Gasteiger partial charge in [0.1, 0.15) is 13.5 Å². The zero-order chi connectivity index (χ0) is 15.2. The number of hydrogen-bond acceptors (Lipinski definition) is 3. The number of rotatable bonds is 6. The van der Waals surface area contributed by atoms with E-state index in [0.717, 1.165) is 5.56 Å². The predicted molar refractivity (Wildman–Crippen MR) is 78.3 cm³/mol. The standard InChI is InChI=1S/C14H20BN2O3/c1-17(2,3)15-14(19)16-12(13(18)20-4)10-11-8-6-5-7-9-11/h5-9,12H,10H2,1-4H3/q-1/p+1. The van der Waals surface area contributed by atoms with E-state index in [1.54, 1.807) is 0 Å². The maximum absolute atomic E-state index is 11.9. The summed E-state index contributed by atoms with van der Waals surface area (Å²) in [5.74, 6) is -0.735. The molecule has 0 fully saturated rings. The number of benzene rings is 1. The summed E-state index contributed by atoms with van der Waals surface area (Å²) in [4.78, 5) is 23.7. The molecule has 1 N–H and O–H groups in total. The lowest BCUT2D eigenvalue weighted by Crippen LogP contribution is -2.51. The third-order valence-corrected chi connectivity index (χ3v) is 2.59. The number of quaternary nitrogens is 1. The molecule has 20 heavy (non-hydrogen) atoms. The van der Waals surface area contributed by atoms with Gasteiger partial charge in [-0.15, -0.1) is 0 Å². The molecule has 108 valence electrons. The lowest BCUT2D eigenvalue weighted by molar-refractivity contribution is -0.753. The first-order valence-corrected chi connectivity index (χ1v) is 6.41. The van der Waals surface area contributed by atoms with E-state index in [4.69, 9.17) is 4.74 Å². The van der Waals surface area contributed by atoms with Crippen LogP contribution >= 0.6 is 0 Å². The molecule has 0 aliphatic carbocycles. The van der Waals surface area contributed by atoms with Crippen LogP contribution in [-0.2, 0) is 16.0 Å². The summed E-state index contributed by atoms with van der Waals surface area (Å²) in [5, 5.41) is 2.69. The molecule has 1 amide bonds. The molecule has 0 saturated carbocycles. The molecule has 2 radical (unpaired) electrons. The highest BCUT2D eigenvalue weighted by molar-refractivity contribution is 6.67. The van der Waals surface area contributed by atoms with Gasteiger partial charge in [-0.25, -0.2) is 4.79 Å². The summed E-state index contributed by atoms with van der Waals surface area (Å²) >= 11 is 0. The molecule has 6 heteroatoms. The smallest absolute Gasteiger partial charge is 0.328 e. The molecule has 1 aromatic carbocycles. The topological polar surface area (TPSA) is 55.4 Å². The Labute approximate surface area is 120 Å². The molecule has 0 aromatic heterocycles. The van der Waals surface area contributed by atoms with E-state index in [1.165, 1.54) is 14.5 Å². The van der Waals surface area contributed by atoms with Crippen molar-refractivity contribution in [3.63, 3.8) is 0 Å². The Morgan fingerprint density at radius 1 is 1.25 bits per heavy atom. The molecule has 0 bridgehead atoms. The van der Waals surface area contributed by atoms with Gasteiger partial charge in [0, 0.05) is 33.4 Å². The van der Waals surface area contributed by atoms with Crippen molar-refractivity contribution in [1.29, 1.82) is 0 Å². The summed E-state index contributed by atoms with van der Waals surface area (Å²) < 4.78 is 5.12. The summed E-state index contributed by atoms with van der Waals surface area (Å²) in [7, 11) is 8.41. The van der Waals surface area contributed by atoms with Crippen LogP contribution in [0.25, 0.3) is 0 Å². The van der Waals surface area contributed by atoms with E-state index in [2.05, 4.69) is 5.32 Å². The molecule has 0 spiro atoms. The van der Waals surface area contributed by atoms with Crippen LogP contribution in [0.4, 0.5) is 4.79 Å². The molecular formula is C14H21BN2O3. The average Bonchev–Trinajstić information content (AvgIpc) is 2.36. The highest BCUT2D eigenvalue weighted by Gasteiger charge is 2.20. The van der Waals surface area contributed by atoms with Crippen LogP contribution in [0.2, 0.25) is 0 Å². The molecule has 0 aliphatic rings. The lowest BCUT2D eigenvalue weighted by atomic mass is 9.87. The maximum Gasteiger partial charge on any atom is 0.328 e. The minimum Gasteiger partial charge on any atom is -0.560 e. The first kappa shape index (κ1) is 16.2. The molecule has 0 saturated heterocycles. The van der Waals surface area contributed by atoms with E-state index in [9.17, 15) is 9.59 Å². The number of hydrogen-bond donors (Lipinski definition) is 1. The number of nitrogens with one attached hydrogen (secondary N) is 1. The normalized spacial score (nSPS) is 12.6. The third-order valence-electron chi connectivity index (χ3n) is 2.59. The van der Waals surface area contributed by atoms with Crippen LogP contribution < -0.4 is 5.32 Å². The van der Waals surface area contributed by atoms with Crippen molar-refractivity contribution in [2.45, 2.75) is 12.5 Å². The Morgan fingerprint density at radius 3 is 2.35 bits per heavy atom. The average molecular weight is 276 g/mol. The first-order valence-electron chi connectivity index (χ1n) is 6.41. The van der Waals surface area contributed by atoms with Gasteiger partial charge in [0.05, 0.1) is 7.11 Å². The molecule has 1 atom stereocenters. The van der Waals surface area contributed by atoms with E-state index < -0.39 is 12.0 Å². The Bertz CT molecular complexity index is 457. The molecule has 1 aromatic rings. The number of ether oxygens (including phenoxy) is 1. The number of carbonyl (C=O) groups is 2. The minimum absolute atomic E-state index is 0.288. The minimum atomic E-state index is -0.683. The second-order valence-electron chi connectivity index (χ2n) is 5.52. The van der Waals surface area contributed by atoms with Crippen molar-refractivity contribution in [1.82, 2.24) is 5.32 Å². The van der Waals surface area contributed by atoms with E-state index >= 15 is 0 Å². The summed E-state index contributed by atoms with van der Waals surface area (Å²) in [6.07, 6.45) is 0.407. The van der Waals surface area contributed by atoms with Gasteiger partial charge in [0.15, 0.2) is 0 Å². The van der Waals surface area contributed by atoms with Crippen LogP contribution in [-0.4, -0.2) is 57.9 Å². The van der Waals surface area contributed by atoms with Crippen molar-refractivity contribution in [2.75, 3.05) is 28.3 Å². The van der Waals surface area contributed by atoms with Crippen molar-refractivity contribution in [2.24, 2.45) is 0 Å². The van der Waals surface area contributed by atoms with Crippen LogP contribution in [0.5, 0.6) is 0 Å². The van der Waals surface area contributed by atoms with E-state index in [0.29, 0.717) is 10.8 Å². The van der Waals surface area contributed by atoms with Gasteiger partial charge < -0.3 is 19.2 Å². The van der Waals surface area contributed by atoms with Crippen LogP contribution in [0.15, 0.2) is 30.3 Å². The van der Waals surface area contributed by atoms with Crippen molar-refractivity contribution >= 4 is 19.2 Å². The Morgan fingerprint density at radius 2 is 1.85 bits per heavy atom. The summed E-state index contributed by atoms with van der Waals surface area (Å²) in [6.45, 7) is 0. The zero-order valence-electron chi connectivity index (χ0n) is 12.4. The molecule has 1 unspecified atom stereocenters. The maximum atomic E-state index is 11.9. The van der Waals surface area contributed by atoms with E-state index in [-0.39, 0.29) is 5.81 Å². The number of esters is 1. The van der Waals surface area contributed by atoms with Crippen LogP contribution in [0.3, 0.4) is 0 Å². The highest BCUT2D eigenvalue weighted by atomic mass is 16.5. The monoisotopic (exact) mass is 276 g/mol. The van der Waals surface area contributed by atoms with Crippen molar-refractivity contribution in [3.05, 3.63) is 35.9 Å². The lowest BCUT2D eigenvalue weighted by Gasteiger charge is -2.37. The second-order valence-corrected chi connectivity index (χ2v) is 5.52. The molecule has 5 nitrogen and oxygen atoms in total. The van der Waals surface area contributed by atoms with Crippen LogP contribution in [0.1, 0.15) is 5.56 Å². The summed E-state index contributed by atoms with van der Waals surface area (Å²) in [5.41, 5.74) is 0.966. The third kappa shape index (κ3) is 5.88. The van der Waals surface area contributed by atoms with Gasteiger partial charge in [-0.05, 0) is 5.56 Å². The fraction of sp³-hybridized carbons (Fsp3) is 0.429. The first-order chi connectivity index (χ1) is 9.31. The van der Waals surface area contributed by atoms with Gasteiger partial charge in [0.25, 0.3) is 0 Å². The number of nitrogens with zero attached hydrogens (tertiary/aromatic N) is 1. The van der Waals surface area contributed by atoms with Gasteiger partial charge in [-0.3, -0.25) is 0 Å². The second kappa shape index (κ2) is 7.10. The van der Waals surface area contributed by atoms with E-state index in [1.807, 2.05) is 51.5 Å². The molecule has 1 rings (SSSR count). The van der Waals surface area contributed by atoms with Gasteiger partial charge in [0.2, 0.25) is 0 Å². The van der Waals surface area contributed by atoms with Gasteiger partial charge in [-0.1, -0.05) is 30.3 Å². The zero-order valence-corrected chi connectivity index (χ0v) is 12.4. The highest BCUT2D eigenvalue weighted by Crippen LogP contribution is 2.05. The van der Waals surface area contributed by atoms with Crippen molar-refractivity contribution in [3.8, 4) is 0 Å². The predicted octanol–water partition coefficient (Wildman–Crippen LogP) is 0.806. The summed E-state index contributed by atoms with van der Waals surface area (Å²) in [6, 6.07) is 8.82. The van der Waals surface area contributed by atoms with Crippen LogP contribution in [0, 0.1) is 0 Å². The largest absolute Gasteiger partial charge is 0.560 e. The SMILES string of the molecule is COC(=O)C(Cc1ccccc1)NC(=O)[B-][N+](C)(C)C.